The molecule has 0 amide bonds. The molecule has 0 aliphatic rings. The van der Waals surface area contributed by atoms with Crippen LogP contribution in [0.5, 0.6) is 0 Å². The van der Waals surface area contributed by atoms with Crippen LogP contribution >= 0.6 is 12.4 Å². The highest BCUT2D eigenvalue weighted by Gasteiger charge is 2.06. The molecule has 1 rings (SSSR count). The van der Waals surface area contributed by atoms with Gasteiger partial charge in [0, 0.05) is 31.4 Å². The average Bonchev–Trinajstić information content (AvgIpc) is 2.16. The van der Waals surface area contributed by atoms with Gasteiger partial charge in [0.15, 0.2) is 0 Å². The van der Waals surface area contributed by atoms with Gasteiger partial charge >= 0.3 is 5.69 Å². The number of nitrogens with zero attached hydrogens (tertiary/aromatic N) is 1. The number of halogens is 1. The predicted octanol–water partition coefficient (Wildman–Crippen LogP) is -1.73. The van der Waals surface area contributed by atoms with Crippen molar-refractivity contribution in [1.82, 2.24) is 14.9 Å². The molecule has 1 heterocycles. The topological polar surface area (TPSA) is 109 Å². The molecule has 0 unspecified atom stereocenters. The maximum Gasteiger partial charge on any atom is 0.325 e. The van der Waals surface area contributed by atoms with Crippen molar-refractivity contribution in [3.8, 4) is 0 Å². The average molecular weight is 266 g/mol. The molecule has 0 aliphatic heterocycles. The molecule has 0 aliphatic carbocycles. The maximum absolute atomic E-state index is 11.0. The summed E-state index contributed by atoms with van der Waals surface area (Å²) in [6, 6.07) is 1.28. The largest absolute Gasteiger partial charge is 0.395 e. The zero-order valence-corrected chi connectivity index (χ0v) is 10.00. The molecule has 17 heavy (non-hydrogen) atoms. The van der Waals surface area contributed by atoms with Crippen LogP contribution in [-0.4, -0.2) is 51.4 Å². The molecule has 1 aromatic heterocycles. The summed E-state index contributed by atoms with van der Waals surface area (Å²) in [6.45, 7) is 0.950. The van der Waals surface area contributed by atoms with E-state index in [0.29, 0.717) is 25.3 Å². The number of nitrogens with one attached hydrogen (secondary N) is 2. The van der Waals surface area contributed by atoms with Crippen LogP contribution in [0, 0.1) is 0 Å². The van der Waals surface area contributed by atoms with Crippen molar-refractivity contribution in [2.45, 2.75) is 6.54 Å². The lowest BCUT2D eigenvalue weighted by Crippen LogP contribution is -2.32. The third-order valence-electron chi connectivity index (χ3n) is 2.04. The van der Waals surface area contributed by atoms with Gasteiger partial charge in [-0.15, -0.1) is 12.4 Å². The second-order valence-electron chi connectivity index (χ2n) is 3.34. The molecule has 7 nitrogen and oxygen atoms in total. The third-order valence-corrected chi connectivity index (χ3v) is 2.04. The van der Waals surface area contributed by atoms with E-state index in [1.807, 2.05) is 0 Å². The molecular formula is C9H16ClN3O4. The maximum atomic E-state index is 11.0. The van der Waals surface area contributed by atoms with Crippen molar-refractivity contribution in [1.29, 1.82) is 0 Å². The van der Waals surface area contributed by atoms with Gasteiger partial charge in [0.2, 0.25) is 0 Å². The minimum Gasteiger partial charge on any atom is -0.395 e. The Balaban J connectivity index is 0.00000256. The summed E-state index contributed by atoms with van der Waals surface area (Å²) >= 11 is 0. The Kier molecular flexibility index (Phi) is 7.47. The van der Waals surface area contributed by atoms with Gasteiger partial charge in [-0.1, -0.05) is 0 Å². The van der Waals surface area contributed by atoms with Crippen molar-refractivity contribution >= 4 is 12.4 Å². The van der Waals surface area contributed by atoms with E-state index in [4.69, 9.17) is 10.2 Å². The van der Waals surface area contributed by atoms with E-state index in [1.54, 1.807) is 4.90 Å². The minimum absolute atomic E-state index is 0. The van der Waals surface area contributed by atoms with Crippen molar-refractivity contribution in [2.75, 3.05) is 26.3 Å². The van der Waals surface area contributed by atoms with Crippen molar-refractivity contribution in [3.05, 3.63) is 32.6 Å². The number of aliphatic hydroxyl groups excluding tert-OH is 2. The number of hydrogen-bond donors (Lipinski definition) is 4. The molecule has 1 aromatic rings. The molecule has 0 aromatic carbocycles. The van der Waals surface area contributed by atoms with E-state index in [9.17, 15) is 9.59 Å². The van der Waals surface area contributed by atoms with E-state index >= 15 is 0 Å². The van der Waals surface area contributed by atoms with E-state index in [-0.39, 0.29) is 25.6 Å². The van der Waals surface area contributed by atoms with E-state index in [1.165, 1.54) is 6.07 Å². The highest BCUT2D eigenvalue weighted by Crippen LogP contribution is 1.96. The predicted molar refractivity (Wildman–Crippen MR) is 64.4 cm³/mol. The molecule has 0 atom stereocenters. The number of hydrogen-bond acceptors (Lipinski definition) is 5. The molecular weight excluding hydrogens is 250 g/mol. The number of rotatable bonds is 6. The van der Waals surface area contributed by atoms with E-state index in [2.05, 4.69) is 9.97 Å². The summed E-state index contributed by atoms with van der Waals surface area (Å²) in [5.41, 5.74) is -0.571. The first-order valence-electron chi connectivity index (χ1n) is 4.92. The molecule has 4 N–H and O–H groups in total. The molecule has 0 fully saturated rings. The van der Waals surface area contributed by atoms with Gasteiger partial charge in [0.25, 0.3) is 5.56 Å². The monoisotopic (exact) mass is 265 g/mol. The van der Waals surface area contributed by atoms with Crippen molar-refractivity contribution in [2.24, 2.45) is 0 Å². The van der Waals surface area contributed by atoms with Gasteiger partial charge in [-0.05, 0) is 0 Å². The Morgan fingerprint density at radius 3 is 2.18 bits per heavy atom. The Bertz CT molecular complexity index is 396. The quantitative estimate of drug-likeness (QED) is 0.489. The Morgan fingerprint density at radius 2 is 1.71 bits per heavy atom. The molecule has 0 radical (unpaired) electrons. The standard InChI is InChI=1S/C9H15N3O4.ClH/c13-3-1-12(2-4-14)6-7-5-8(15)11-9(16)10-7;/h5,13-14H,1-4,6H2,(H2,10,11,15,16);1H. The van der Waals surface area contributed by atoms with Crippen LogP contribution in [-0.2, 0) is 6.54 Å². The molecule has 0 saturated carbocycles. The van der Waals surface area contributed by atoms with Crippen molar-refractivity contribution in [3.63, 3.8) is 0 Å². The van der Waals surface area contributed by atoms with E-state index < -0.39 is 11.2 Å². The van der Waals surface area contributed by atoms with Gasteiger partial charge in [0.05, 0.1) is 13.2 Å². The van der Waals surface area contributed by atoms with Crippen LogP contribution < -0.4 is 11.2 Å². The fourth-order valence-electron chi connectivity index (χ4n) is 1.40. The number of aromatic amines is 2. The highest BCUT2D eigenvalue weighted by atomic mass is 35.5. The Hall–Kier alpha value is -1.15. The highest BCUT2D eigenvalue weighted by molar-refractivity contribution is 5.85. The zero-order valence-electron chi connectivity index (χ0n) is 9.18. The smallest absolute Gasteiger partial charge is 0.325 e. The summed E-state index contributed by atoms with van der Waals surface area (Å²) in [5, 5.41) is 17.6. The molecule has 0 saturated heterocycles. The van der Waals surface area contributed by atoms with Crippen LogP contribution in [0.2, 0.25) is 0 Å². The first-order chi connectivity index (χ1) is 7.65. The van der Waals surface area contributed by atoms with Crippen LogP contribution in [0.4, 0.5) is 0 Å². The summed E-state index contributed by atoms with van der Waals surface area (Å²) in [6.07, 6.45) is 0. The first-order valence-corrected chi connectivity index (χ1v) is 4.92. The molecule has 0 bridgehead atoms. The van der Waals surface area contributed by atoms with Gasteiger partial charge < -0.3 is 15.2 Å². The number of H-pyrrole nitrogens is 2. The van der Waals surface area contributed by atoms with E-state index in [0.717, 1.165) is 0 Å². The lowest BCUT2D eigenvalue weighted by molar-refractivity contribution is 0.154. The van der Waals surface area contributed by atoms with Gasteiger partial charge in [-0.3, -0.25) is 14.7 Å². The van der Waals surface area contributed by atoms with Gasteiger partial charge in [-0.2, -0.15) is 0 Å². The molecule has 98 valence electrons. The lowest BCUT2D eigenvalue weighted by atomic mass is 10.3. The summed E-state index contributed by atoms with van der Waals surface area (Å²) < 4.78 is 0. The fraction of sp³-hybridized carbons (Fsp3) is 0.556. The Labute approximate surface area is 104 Å². The normalized spacial score (nSPS) is 10.3. The molecule has 8 heteroatoms. The molecule has 0 spiro atoms. The first kappa shape index (κ1) is 15.9. The second kappa shape index (κ2) is 8.02. The van der Waals surface area contributed by atoms with Crippen LogP contribution in [0.1, 0.15) is 5.69 Å². The van der Waals surface area contributed by atoms with Crippen LogP contribution in [0.3, 0.4) is 0 Å². The summed E-state index contributed by atoms with van der Waals surface area (Å²) in [5.74, 6) is 0. The van der Waals surface area contributed by atoms with Gasteiger partial charge in [0.1, 0.15) is 0 Å². The summed E-state index contributed by atoms with van der Waals surface area (Å²) in [4.78, 5) is 28.3. The third kappa shape index (κ3) is 5.64. The number of aromatic nitrogens is 2. The SMILES string of the molecule is Cl.O=c1cc(CN(CCO)CCO)[nH]c(=O)[nH]1. The lowest BCUT2D eigenvalue weighted by Gasteiger charge is -2.19. The minimum atomic E-state index is -0.560. The zero-order chi connectivity index (χ0) is 12.0. The van der Waals surface area contributed by atoms with Gasteiger partial charge in [-0.25, -0.2) is 4.79 Å². The van der Waals surface area contributed by atoms with Crippen LogP contribution in [0.25, 0.3) is 0 Å². The number of aliphatic hydroxyl groups is 2. The Morgan fingerprint density at radius 1 is 1.12 bits per heavy atom. The fourth-order valence-corrected chi connectivity index (χ4v) is 1.40. The second-order valence-corrected chi connectivity index (χ2v) is 3.34. The summed E-state index contributed by atoms with van der Waals surface area (Å²) in [7, 11) is 0. The van der Waals surface area contributed by atoms with Crippen molar-refractivity contribution < 1.29 is 10.2 Å². The van der Waals surface area contributed by atoms with Crippen LogP contribution in [0.15, 0.2) is 15.7 Å².